The predicted octanol–water partition coefficient (Wildman–Crippen LogP) is 3.75. The summed E-state index contributed by atoms with van der Waals surface area (Å²) in [6, 6.07) is 12.7. The minimum absolute atomic E-state index is 0.0523. The van der Waals surface area contributed by atoms with Gasteiger partial charge in [-0.3, -0.25) is 9.59 Å². The van der Waals surface area contributed by atoms with E-state index in [1.807, 2.05) is 0 Å². The highest BCUT2D eigenvalue weighted by Gasteiger charge is 2.20. The van der Waals surface area contributed by atoms with Gasteiger partial charge in [0.2, 0.25) is 0 Å². The molecule has 2 aromatic rings. The first-order chi connectivity index (χ1) is 11.6. The van der Waals surface area contributed by atoms with Gasteiger partial charge in [0.1, 0.15) is 5.82 Å². The maximum absolute atomic E-state index is 13.7. The number of hydrogen-bond acceptors (Lipinski definition) is 2. The van der Waals surface area contributed by atoms with Crippen molar-refractivity contribution in [1.29, 1.82) is 0 Å². The fraction of sp³-hybridized carbons (Fsp3) is 0.263. The Kier molecular flexibility index (Phi) is 4.89. The highest BCUT2D eigenvalue weighted by molar-refractivity contribution is 6.09. The van der Waals surface area contributed by atoms with E-state index < -0.39 is 11.7 Å². The summed E-state index contributed by atoms with van der Waals surface area (Å²) in [4.78, 5) is 24.7. The molecule has 1 fully saturated rings. The monoisotopic (exact) mass is 326 g/mol. The van der Waals surface area contributed by atoms with E-state index in [4.69, 9.17) is 0 Å². The van der Waals surface area contributed by atoms with Crippen molar-refractivity contribution in [2.24, 2.45) is 0 Å². The van der Waals surface area contributed by atoms with E-state index in [-0.39, 0.29) is 17.5 Å². The normalized spacial score (nSPS) is 14.4. The van der Waals surface area contributed by atoms with Crippen molar-refractivity contribution in [3.05, 3.63) is 65.5 Å². The van der Waals surface area contributed by atoms with Gasteiger partial charge in [0.05, 0.1) is 16.8 Å². The van der Waals surface area contributed by atoms with E-state index in [1.165, 1.54) is 18.2 Å². The van der Waals surface area contributed by atoms with Crippen LogP contribution in [0.1, 0.15) is 46.4 Å². The van der Waals surface area contributed by atoms with Crippen molar-refractivity contribution >= 4 is 17.5 Å². The zero-order valence-corrected chi connectivity index (χ0v) is 13.2. The Morgan fingerprint density at radius 1 is 0.875 bits per heavy atom. The highest BCUT2D eigenvalue weighted by Crippen LogP contribution is 2.21. The summed E-state index contributed by atoms with van der Waals surface area (Å²) in [5.74, 6) is -1.39. The van der Waals surface area contributed by atoms with E-state index in [0.717, 1.165) is 25.7 Å². The summed E-state index contributed by atoms with van der Waals surface area (Å²) < 4.78 is 13.7. The van der Waals surface area contributed by atoms with Crippen molar-refractivity contribution in [1.82, 2.24) is 5.32 Å². The van der Waals surface area contributed by atoms with Gasteiger partial charge in [-0.15, -0.1) is 0 Å². The largest absolute Gasteiger partial charge is 0.349 e. The van der Waals surface area contributed by atoms with E-state index in [9.17, 15) is 14.0 Å². The molecule has 2 aromatic carbocycles. The molecule has 0 atom stereocenters. The van der Waals surface area contributed by atoms with Gasteiger partial charge in [-0.2, -0.15) is 0 Å². The number of hydrogen-bond donors (Lipinski definition) is 2. The van der Waals surface area contributed by atoms with Gasteiger partial charge in [-0.1, -0.05) is 37.1 Å². The molecule has 2 amide bonds. The van der Waals surface area contributed by atoms with Gasteiger partial charge in [-0.25, -0.2) is 4.39 Å². The van der Waals surface area contributed by atoms with Crippen LogP contribution in [-0.2, 0) is 0 Å². The minimum atomic E-state index is -0.595. The Morgan fingerprint density at radius 3 is 2.21 bits per heavy atom. The third-order valence-electron chi connectivity index (χ3n) is 4.23. The second-order valence-electron chi connectivity index (χ2n) is 5.93. The fourth-order valence-electron chi connectivity index (χ4n) is 2.96. The Balaban J connectivity index is 1.77. The first-order valence-corrected chi connectivity index (χ1v) is 8.11. The van der Waals surface area contributed by atoms with E-state index >= 15 is 0 Å². The van der Waals surface area contributed by atoms with Crippen LogP contribution in [0.2, 0.25) is 0 Å². The highest BCUT2D eigenvalue weighted by atomic mass is 19.1. The molecule has 0 bridgehead atoms. The zero-order chi connectivity index (χ0) is 16.9. The lowest BCUT2D eigenvalue weighted by molar-refractivity contribution is 0.0939. The standard InChI is InChI=1S/C19H19FN2O2/c20-16-11-5-3-9-14(16)18(23)22-17-12-6-4-10-15(17)19(24)21-13-7-1-2-8-13/h3-6,9-13H,1-2,7-8H2,(H,21,24)(H,22,23). The number of nitrogens with one attached hydrogen (secondary N) is 2. The van der Waals surface area contributed by atoms with E-state index in [1.54, 1.807) is 30.3 Å². The molecule has 0 radical (unpaired) electrons. The number of anilines is 1. The van der Waals surface area contributed by atoms with Gasteiger partial charge in [-0.05, 0) is 37.1 Å². The van der Waals surface area contributed by atoms with Gasteiger partial charge in [0, 0.05) is 6.04 Å². The number of benzene rings is 2. The molecule has 0 unspecified atom stereocenters. The Bertz CT molecular complexity index is 755. The van der Waals surface area contributed by atoms with Gasteiger partial charge in [0.15, 0.2) is 0 Å². The molecule has 0 aliphatic heterocycles. The van der Waals surface area contributed by atoms with Crippen LogP contribution < -0.4 is 10.6 Å². The predicted molar refractivity (Wildman–Crippen MR) is 90.5 cm³/mol. The molecule has 0 heterocycles. The third kappa shape index (κ3) is 3.62. The number of halogens is 1. The topological polar surface area (TPSA) is 58.2 Å². The average molecular weight is 326 g/mol. The molecular formula is C19H19FN2O2. The molecule has 3 rings (SSSR count). The molecule has 5 heteroatoms. The first kappa shape index (κ1) is 16.2. The summed E-state index contributed by atoms with van der Waals surface area (Å²) in [7, 11) is 0. The van der Waals surface area contributed by atoms with Crippen molar-refractivity contribution in [2.75, 3.05) is 5.32 Å². The van der Waals surface area contributed by atoms with E-state index in [2.05, 4.69) is 10.6 Å². The van der Waals surface area contributed by atoms with Crippen LogP contribution in [0.25, 0.3) is 0 Å². The number of para-hydroxylation sites is 1. The smallest absolute Gasteiger partial charge is 0.258 e. The van der Waals surface area contributed by atoms with Crippen molar-refractivity contribution in [3.8, 4) is 0 Å². The molecular weight excluding hydrogens is 307 g/mol. The summed E-state index contributed by atoms with van der Waals surface area (Å²) in [5.41, 5.74) is 0.707. The average Bonchev–Trinajstić information content (AvgIpc) is 3.08. The molecule has 1 aliphatic carbocycles. The lowest BCUT2D eigenvalue weighted by atomic mass is 10.1. The van der Waals surface area contributed by atoms with Crippen LogP contribution >= 0.6 is 0 Å². The van der Waals surface area contributed by atoms with Crippen LogP contribution in [0, 0.1) is 5.82 Å². The summed E-state index contributed by atoms with van der Waals surface area (Å²) in [5, 5.41) is 5.63. The number of carbonyl (C=O) groups is 2. The van der Waals surface area contributed by atoms with Crippen LogP contribution in [0.4, 0.5) is 10.1 Å². The Hall–Kier alpha value is -2.69. The molecule has 1 saturated carbocycles. The zero-order valence-electron chi connectivity index (χ0n) is 13.2. The number of rotatable bonds is 4. The third-order valence-corrected chi connectivity index (χ3v) is 4.23. The number of amides is 2. The van der Waals surface area contributed by atoms with Crippen molar-refractivity contribution < 1.29 is 14.0 Å². The number of carbonyl (C=O) groups excluding carboxylic acids is 2. The second kappa shape index (κ2) is 7.25. The molecule has 0 aromatic heterocycles. The molecule has 0 saturated heterocycles. The Morgan fingerprint density at radius 2 is 1.50 bits per heavy atom. The van der Waals surface area contributed by atoms with Gasteiger partial charge >= 0.3 is 0 Å². The maximum atomic E-state index is 13.7. The van der Waals surface area contributed by atoms with Crippen LogP contribution in [0.5, 0.6) is 0 Å². The fourth-order valence-corrected chi connectivity index (χ4v) is 2.96. The lowest BCUT2D eigenvalue weighted by Crippen LogP contribution is -2.33. The lowest BCUT2D eigenvalue weighted by Gasteiger charge is -2.15. The quantitative estimate of drug-likeness (QED) is 0.899. The van der Waals surface area contributed by atoms with Crippen LogP contribution in [-0.4, -0.2) is 17.9 Å². The molecule has 1 aliphatic rings. The summed E-state index contributed by atoms with van der Waals surface area (Å²) in [6.45, 7) is 0. The Labute approximate surface area is 140 Å². The van der Waals surface area contributed by atoms with Gasteiger partial charge < -0.3 is 10.6 Å². The second-order valence-corrected chi connectivity index (χ2v) is 5.93. The summed E-state index contributed by atoms with van der Waals surface area (Å²) in [6.07, 6.45) is 4.21. The van der Waals surface area contributed by atoms with Gasteiger partial charge in [0.25, 0.3) is 11.8 Å². The van der Waals surface area contributed by atoms with Crippen molar-refractivity contribution in [3.63, 3.8) is 0 Å². The molecule has 124 valence electrons. The molecule has 24 heavy (non-hydrogen) atoms. The summed E-state index contributed by atoms with van der Waals surface area (Å²) >= 11 is 0. The molecule has 0 spiro atoms. The first-order valence-electron chi connectivity index (χ1n) is 8.11. The van der Waals surface area contributed by atoms with Crippen LogP contribution in [0.3, 0.4) is 0 Å². The molecule has 2 N–H and O–H groups in total. The van der Waals surface area contributed by atoms with Crippen LogP contribution in [0.15, 0.2) is 48.5 Å². The molecule has 4 nitrogen and oxygen atoms in total. The SMILES string of the molecule is O=C(Nc1ccccc1C(=O)NC1CCCC1)c1ccccc1F. The maximum Gasteiger partial charge on any atom is 0.258 e. The van der Waals surface area contributed by atoms with E-state index in [0.29, 0.717) is 11.3 Å². The van der Waals surface area contributed by atoms with Crippen molar-refractivity contribution in [2.45, 2.75) is 31.7 Å². The minimum Gasteiger partial charge on any atom is -0.349 e.